The van der Waals surface area contributed by atoms with Crippen LogP contribution in [0.4, 0.5) is 17.1 Å². The standard InChI is InChI=1S/C16H20N2O3S/c1-9(2)15-13(17)14-16(21-15)22(19,20)12-8-6-5-7-11(12)18(14)10(3)4/h5-10H,17H2,1-4H3. The van der Waals surface area contributed by atoms with Crippen molar-refractivity contribution in [3.05, 3.63) is 30.0 Å². The minimum absolute atomic E-state index is 0.0120. The van der Waals surface area contributed by atoms with Gasteiger partial charge in [0.15, 0.2) is 0 Å². The summed E-state index contributed by atoms with van der Waals surface area (Å²) in [7, 11) is -3.69. The van der Waals surface area contributed by atoms with Crippen LogP contribution in [-0.2, 0) is 9.84 Å². The summed E-state index contributed by atoms with van der Waals surface area (Å²) >= 11 is 0. The number of sulfone groups is 1. The number of hydrogen-bond acceptors (Lipinski definition) is 5. The summed E-state index contributed by atoms with van der Waals surface area (Å²) in [6.07, 6.45) is 0. The number of anilines is 3. The molecule has 0 radical (unpaired) electrons. The van der Waals surface area contributed by atoms with Crippen LogP contribution in [0, 0.1) is 0 Å². The van der Waals surface area contributed by atoms with Crippen molar-refractivity contribution in [2.45, 2.75) is 49.6 Å². The van der Waals surface area contributed by atoms with Crippen LogP contribution in [0.3, 0.4) is 0 Å². The smallest absolute Gasteiger partial charge is 0.249 e. The maximum absolute atomic E-state index is 12.9. The number of nitrogen functional groups attached to an aromatic ring is 1. The Labute approximate surface area is 130 Å². The van der Waals surface area contributed by atoms with Gasteiger partial charge in [0.2, 0.25) is 14.9 Å². The molecule has 0 unspecified atom stereocenters. The first-order valence-electron chi connectivity index (χ1n) is 7.32. The van der Waals surface area contributed by atoms with Crippen LogP contribution in [0.2, 0.25) is 0 Å². The third kappa shape index (κ3) is 1.86. The summed E-state index contributed by atoms with van der Waals surface area (Å²) < 4.78 is 31.4. The van der Waals surface area contributed by atoms with E-state index in [9.17, 15) is 8.42 Å². The minimum atomic E-state index is -3.69. The summed E-state index contributed by atoms with van der Waals surface area (Å²) in [6.45, 7) is 7.86. The zero-order chi connectivity index (χ0) is 16.2. The fourth-order valence-electron chi connectivity index (χ4n) is 2.91. The molecular formula is C16H20N2O3S. The number of rotatable bonds is 2. The Morgan fingerprint density at radius 1 is 1.14 bits per heavy atom. The Bertz CT molecular complexity index is 835. The van der Waals surface area contributed by atoms with Crippen LogP contribution in [0.15, 0.2) is 38.7 Å². The highest BCUT2D eigenvalue weighted by molar-refractivity contribution is 7.91. The molecule has 0 aliphatic carbocycles. The van der Waals surface area contributed by atoms with E-state index in [1.807, 2.05) is 38.7 Å². The van der Waals surface area contributed by atoms with E-state index in [0.717, 1.165) is 0 Å². The number of fused-ring (bicyclic) bond motifs is 2. The number of nitrogens with two attached hydrogens (primary N) is 1. The summed E-state index contributed by atoms with van der Waals surface area (Å²) in [6, 6.07) is 7.01. The Morgan fingerprint density at radius 2 is 1.77 bits per heavy atom. The summed E-state index contributed by atoms with van der Waals surface area (Å²) in [5, 5.41) is -0.0406. The van der Waals surface area contributed by atoms with Gasteiger partial charge in [-0.3, -0.25) is 0 Å². The SMILES string of the molecule is CC(C)c1oc2c(c1N)N(C(C)C)c1ccccc1S2(=O)=O. The van der Waals surface area contributed by atoms with Gasteiger partial charge in [-0.25, -0.2) is 8.42 Å². The highest BCUT2D eigenvalue weighted by Gasteiger charge is 2.41. The Kier molecular flexibility index (Phi) is 3.25. The second kappa shape index (κ2) is 4.78. The van der Waals surface area contributed by atoms with Crippen molar-refractivity contribution in [3.8, 4) is 0 Å². The number of furan rings is 1. The van der Waals surface area contributed by atoms with E-state index in [0.29, 0.717) is 22.8 Å². The average Bonchev–Trinajstić information content (AvgIpc) is 2.78. The van der Waals surface area contributed by atoms with Crippen molar-refractivity contribution < 1.29 is 12.8 Å². The maximum atomic E-state index is 12.9. The van der Waals surface area contributed by atoms with Crippen molar-refractivity contribution in [3.63, 3.8) is 0 Å². The van der Waals surface area contributed by atoms with Crippen molar-refractivity contribution in [2.24, 2.45) is 0 Å². The predicted molar refractivity (Wildman–Crippen MR) is 86.4 cm³/mol. The number of benzene rings is 1. The number of nitrogens with zero attached hydrogens (tertiary/aromatic N) is 1. The molecular weight excluding hydrogens is 300 g/mol. The average molecular weight is 320 g/mol. The molecule has 1 aromatic carbocycles. The zero-order valence-electron chi connectivity index (χ0n) is 13.1. The van der Waals surface area contributed by atoms with Crippen LogP contribution >= 0.6 is 0 Å². The molecule has 0 amide bonds. The summed E-state index contributed by atoms with van der Waals surface area (Å²) in [5.74, 6) is 0.532. The quantitative estimate of drug-likeness (QED) is 0.913. The Hall–Kier alpha value is -1.95. The van der Waals surface area contributed by atoms with Gasteiger partial charge in [0.1, 0.15) is 11.4 Å². The van der Waals surface area contributed by atoms with Gasteiger partial charge < -0.3 is 15.1 Å². The van der Waals surface area contributed by atoms with Crippen LogP contribution in [0.5, 0.6) is 0 Å². The first-order valence-corrected chi connectivity index (χ1v) is 8.80. The lowest BCUT2D eigenvalue weighted by atomic mass is 10.1. The van der Waals surface area contributed by atoms with Gasteiger partial charge in [0.25, 0.3) is 0 Å². The molecule has 2 aromatic rings. The molecule has 22 heavy (non-hydrogen) atoms. The van der Waals surface area contributed by atoms with Gasteiger partial charge in [-0.05, 0) is 26.0 Å². The van der Waals surface area contributed by atoms with Crippen molar-refractivity contribution in [1.29, 1.82) is 0 Å². The molecule has 0 fully saturated rings. The number of hydrogen-bond donors (Lipinski definition) is 1. The van der Waals surface area contributed by atoms with E-state index < -0.39 is 9.84 Å². The molecule has 0 spiro atoms. The Morgan fingerprint density at radius 3 is 2.36 bits per heavy atom. The first-order chi connectivity index (χ1) is 10.3. The molecule has 0 bridgehead atoms. The lowest BCUT2D eigenvalue weighted by Gasteiger charge is -2.33. The third-order valence-electron chi connectivity index (χ3n) is 3.86. The molecule has 1 aromatic heterocycles. The molecule has 5 nitrogen and oxygen atoms in total. The van der Waals surface area contributed by atoms with Gasteiger partial charge in [0.05, 0.1) is 16.3 Å². The fraction of sp³-hybridized carbons (Fsp3) is 0.375. The normalized spacial score (nSPS) is 16.0. The lowest BCUT2D eigenvalue weighted by Crippen LogP contribution is -2.31. The number of para-hydroxylation sites is 1. The van der Waals surface area contributed by atoms with Gasteiger partial charge in [-0.2, -0.15) is 0 Å². The molecule has 1 aliphatic rings. The monoisotopic (exact) mass is 320 g/mol. The van der Waals surface area contributed by atoms with Gasteiger partial charge in [-0.1, -0.05) is 26.0 Å². The molecule has 0 saturated heterocycles. The van der Waals surface area contributed by atoms with Crippen LogP contribution in [0.1, 0.15) is 39.4 Å². The molecule has 6 heteroatoms. The molecule has 3 rings (SSSR count). The summed E-state index contributed by atoms with van der Waals surface area (Å²) in [5.41, 5.74) is 7.76. The van der Waals surface area contributed by atoms with E-state index in [-0.39, 0.29) is 21.9 Å². The molecule has 0 saturated carbocycles. The van der Waals surface area contributed by atoms with Gasteiger partial charge in [0, 0.05) is 12.0 Å². The van der Waals surface area contributed by atoms with E-state index >= 15 is 0 Å². The fourth-order valence-corrected chi connectivity index (χ4v) is 4.47. The lowest BCUT2D eigenvalue weighted by molar-refractivity contribution is 0.400. The van der Waals surface area contributed by atoms with Crippen molar-refractivity contribution in [2.75, 3.05) is 10.6 Å². The van der Waals surface area contributed by atoms with E-state index in [2.05, 4.69) is 0 Å². The maximum Gasteiger partial charge on any atom is 0.249 e. The highest BCUT2D eigenvalue weighted by Crippen LogP contribution is 2.51. The second-order valence-corrected chi connectivity index (χ2v) is 7.92. The first kappa shape index (κ1) is 15.0. The predicted octanol–water partition coefficient (Wildman–Crippen LogP) is 3.68. The van der Waals surface area contributed by atoms with E-state index in [1.165, 1.54) is 0 Å². The van der Waals surface area contributed by atoms with E-state index in [4.69, 9.17) is 10.2 Å². The van der Waals surface area contributed by atoms with Gasteiger partial charge >= 0.3 is 0 Å². The van der Waals surface area contributed by atoms with Crippen molar-refractivity contribution in [1.82, 2.24) is 0 Å². The zero-order valence-corrected chi connectivity index (χ0v) is 13.9. The summed E-state index contributed by atoms with van der Waals surface area (Å²) in [4.78, 5) is 2.21. The topological polar surface area (TPSA) is 76.5 Å². The molecule has 118 valence electrons. The molecule has 0 atom stereocenters. The van der Waals surface area contributed by atoms with Crippen LogP contribution < -0.4 is 10.6 Å². The van der Waals surface area contributed by atoms with Gasteiger partial charge in [-0.15, -0.1) is 0 Å². The van der Waals surface area contributed by atoms with Crippen molar-refractivity contribution >= 4 is 26.9 Å². The Balaban J connectivity index is 2.41. The second-order valence-electron chi connectivity index (χ2n) is 6.11. The molecule has 2 N–H and O–H groups in total. The van der Waals surface area contributed by atoms with Crippen LogP contribution in [-0.4, -0.2) is 14.5 Å². The minimum Gasteiger partial charge on any atom is -0.445 e. The molecule has 1 aliphatic heterocycles. The molecule has 2 heterocycles. The highest BCUT2D eigenvalue weighted by atomic mass is 32.2. The third-order valence-corrected chi connectivity index (χ3v) is 5.55. The largest absolute Gasteiger partial charge is 0.445 e. The van der Waals surface area contributed by atoms with Crippen LogP contribution in [0.25, 0.3) is 0 Å². The van der Waals surface area contributed by atoms with E-state index in [1.54, 1.807) is 18.2 Å².